The minimum absolute atomic E-state index is 0.352. The molecule has 0 radical (unpaired) electrons. The second-order valence-corrected chi connectivity index (χ2v) is 4.63. The highest BCUT2D eigenvalue weighted by atomic mass is 19.1. The van der Waals surface area contributed by atoms with E-state index in [2.05, 4.69) is 0 Å². The van der Waals surface area contributed by atoms with Crippen molar-refractivity contribution >= 4 is 6.29 Å². The molecule has 2 aromatic carbocycles. The van der Waals surface area contributed by atoms with Gasteiger partial charge in [0.15, 0.2) is 0 Å². The number of carbonyl (C=O) groups is 1. The Morgan fingerprint density at radius 2 is 1.61 bits per heavy atom. The van der Waals surface area contributed by atoms with Crippen LogP contribution in [0.15, 0.2) is 30.3 Å². The summed E-state index contributed by atoms with van der Waals surface area (Å²) in [5.41, 5.74) is 5.08. The van der Waals surface area contributed by atoms with Crippen LogP contribution in [0.5, 0.6) is 0 Å². The van der Waals surface area contributed by atoms with Gasteiger partial charge in [-0.1, -0.05) is 29.8 Å². The molecule has 2 heteroatoms. The van der Waals surface area contributed by atoms with E-state index in [0.717, 1.165) is 16.7 Å². The summed E-state index contributed by atoms with van der Waals surface area (Å²) in [5, 5.41) is 0. The third-order valence-corrected chi connectivity index (χ3v) is 3.08. The first-order valence-corrected chi connectivity index (χ1v) is 5.86. The average molecular weight is 242 g/mol. The topological polar surface area (TPSA) is 17.1 Å². The van der Waals surface area contributed by atoms with Gasteiger partial charge in [0, 0.05) is 11.1 Å². The van der Waals surface area contributed by atoms with Gasteiger partial charge in [0.1, 0.15) is 12.1 Å². The van der Waals surface area contributed by atoms with Crippen LogP contribution in [-0.4, -0.2) is 6.29 Å². The van der Waals surface area contributed by atoms with E-state index in [1.54, 1.807) is 12.1 Å². The predicted octanol–water partition coefficient (Wildman–Crippen LogP) is 4.23. The van der Waals surface area contributed by atoms with Gasteiger partial charge in [-0.2, -0.15) is 0 Å². The molecule has 1 nitrogen and oxygen atoms in total. The molecule has 0 unspecified atom stereocenters. The summed E-state index contributed by atoms with van der Waals surface area (Å²) >= 11 is 0. The lowest BCUT2D eigenvalue weighted by Gasteiger charge is -2.12. The van der Waals surface area contributed by atoms with Crippen molar-refractivity contribution in [1.82, 2.24) is 0 Å². The van der Waals surface area contributed by atoms with Gasteiger partial charge >= 0.3 is 0 Å². The van der Waals surface area contributed by atoms with Crippen LogP contribution in [0, 0.1) is 26.6 Å². The van der Waals surface area contributed by atoms with Crippen molar-refractivity contribution in [3.63, 3.8) is 0 Å². The van der Waals surface area contributed by atoms with Gasteiger partial charge in [-0.15, -0.1) is 0 Å². The van der Waals surface area contributed by atoms with Gasteiger partial charge in [0.2, 0.25) is 0 Å². The molecular weight excluding hydrogens is 227 g/mol. The number of halogens is 1. The molecule has 0 bridgehead atoms. The number of benzene rings is 2. The SMILES string of the molecule is Cc1cc(C)c(-c2ccc(C=O)cc2F)c(C)c1. The lowest BCUT2D eigenvalue weighted by Crippen LogP contribution is -1.94. The first-order valence-electron chi connectivity index (χ1n) is 5.86. The zero-order chi connectivity index (χ0) is 13.3. The van der Waals surface area contributed by atoms with Crippen LogP contribution in [0.1, 0.15) is 27.0 Å². The summed E-state index contributed by atoms with van der Waals surface area (Å²) in [6.45, 7) is 5.97. The van der Waals surface area contributed by atoms with E-state index in [9.17, 15) is 9.18 Å². The Hall–Kier alpha value is -1.96. The molecular formula is C16H15FO. The Morgan fingerprint density at radius 3 is 2.11 bits per heavy atom. The van der Waals surface area contributed by atoms with Crippen molar-refractivity contribution < 1.29 is 9.18 Å². The molecule has 0 saturated heterocycles. The van der Waals surface area contributed by atoms with Gasteiger partial charge in [0.25, 0.3) is 0 Å². The zero-order valence-corrected chi connectivity index (χ0v) is 10.8. The lowest BCUT2D eigenvalue weighted by molar-refractivity contribution is 0.112. The van der Waals surface area contributed by atoms with Crippen molar-refractivity contribution in [2.24, 2.45) is 0 Å². The van der Waals surface area contributed by atoms with Crippen LogP contribution in [0.3, 0.4) is 0 Å². The van der Waals surface area contributed by atoms with E-state index in [1.807, 2.05) is 32.9 Å². The highest BCUT2D eigenvalue weighted by Gasteiger charge is 2.11. The van der Waals surface area contributed by atoms with Crippen molar-refractivity contribution in [1.29, 1.82) is 0 Å². The maximum atomic E-state index is 14.0. The molecule has 0 saturated carbocycles. The fraction of sp³-hybridized carbons (Fsp3) is 0.188. The lowest BCUT2D eigenvalue weighted by atomic mass is 9.93. The Bertz CT molecular complexity index is 591. The van der Waals surface area contributed by atoms with E-state index in [1.165, 1.54) is 11.6 Å². The van der Waals surface area contributed by atoms with Crippen LogP contribution >= 0.6 is 0 Å². The van der Waals surface area contributed by atoms with Gasteiger partial charge in [-0.25, -0.2) is 4.39 Å². The van der Waals surface area contributed by atoms with E-state index >= 15 is 0 Å². The summed E-state index contributed by atoms with van der Waals surface area (Å²) in [5.74, 6) is -0.352. The molecule has 0 aliphatic rings. The van der Waals surface area contributed by atoms with Gasteiger partial charge in [-0.05, 0) is 43.5 Å². The average Bonchev–Trinajstić information content (AvgIpc) is 2.29. The van der Waals surface area contributed by atoms with Gasteiger partial charge in [0.05, 0.1) is 0 Å². The quantitative estimate of drug-likeness (QED) is 0.720. The number of rotatable bonds is 2. The standard InChI is InChI=1S/C16H15FO/c1-10-6-11(2)16(12(3)7-10)14-5-4-13(9-18)8-15(14)17/h4-9H,1-3H3. The van der Waals surface area contributed by atoms with Crippen molar-refractivity contribution in [2.45, 2.75) is 20.8 Å². The van der Waals surface area contributed by atoms with Crippen LogP contribution in [0.25, 0.3) is 11.1 Å². The maximum Gasteiger partial charge on any atom is 0.150 e. The summed E-state index contributed by atoms with van der Waals surface area (Å²) in [6, 6.07) is 8.67. The highest BCUT2D eigenvalue weighted by molar-refractivity contribution is 5.78. The number of hydrogen-bond donors (Lipinski definition) is 0. The van der Waals surface area contributed by atoms with Gasteiger partial charge < -0.3 is 0 Å². The van der Waals surface area contributed by atoms with E-state index in [0.29, 0.717) is 17.4 Å². The Kier molecular flexibility index (Phi) is 3.28. The van der Waals surface area contributed by atoms with Crippen LogP contribution in [0.4, 0.5) is 4.39 Å². The first-order chi connectivity index (χ1) is 8.52. The maximum absolute atomic E-state index is 14.0. The number of aryl methyl sites for hydroxylation is 3. The first kappa shape index (κ1) is 12.5. The third-order valence-electron chi connectivity index (χ3n) is 3.08. The van der Waals surface area contributed by atoms with E-state index in [-0.39, 0.29) is 5.82 Å². The predicted molar refractivity (Wildman–Crippen MR) is 71.4 cm³/mol. The molecule has 2 rings (SSSR count). The summed E-state index contributed by atoms with van der Waals surface area (Å²) in [7, 11) is 0. The number of carbonyl (C=O) groups excluding carboxylic acids is 1. The minimum Gasteiger partial charge on any atom is -0.298 e. The number of aldehydes is 1. The van der Waals surface area contributed by atoms with E-state index < -0.39 is 0 Å². The van der Waals surface area contributed by atoms with Crippen molar-refractivity contribution in [2.75, 3.05) is 0 Å². The minimum atomic E-state index is -0.352. The smallest absolute Gasteiger partial charge is 0.150 e. The molecule has 0 fully saturated rings. The molecule has 18 heavy (non-hydrogen) atoms. The molecule has 0 amide bonds. The second-order valence-electron chi connectivity index (χ2n) is 4.63. The largest absolute Gasteiger partial charge is 0.298 e. The Morgan fingerprint density at radius 1 is 1.00 bits per heavy atom. The van der Waals surface area contributed by atoms with Crippen molar-refractivity contribution in [3.8, 4) is 11.1 Å². The summed E-state index contributed by atoms with van der Waals surface area (Å²) < 4.78 is 14.0. The van der Waals surface area contributed by atoms with E-state index in [4.69, 9.17) is 0 Å². The number of hydrogen-bond acceptors (Lipinski definition) is 1. The molecule has 0 atom stereocenters. The monoisotopic (exact) mass is 242 g/mol. The van der Waals surface area contributed by atoms with Crippen LogP contribution < -0.4 is 0 Å². The molecule has 0 heterocycles. The Balaban J connectivity index is 2.66. The highest BCUT2D eigenvalue weighted by Crippen LogP contribution is 2.30. The molecule has 0 N–H and O–H groups in total. The fourth-order valence-electron chi connectivity index (χ4n) is 2.41. The van der Waals surface area contributed by atoms with Gasteiger partial charge in [-0.3, -0.25) is 4.79 Å². The molecule has 0 aromatic heterocycles. The van der Waals surface area contributed by atoms with Crippen LogP contribution in [-0.2, 0) is 0 Å². The normalized spacial score (nSPS) is 10.4. The van der Waals surface area contributed by atoms with Crippen LogP contribution in [0.2, 0.25) is 0 Å². The molecule has 92 valence electrons. The molecule has 0 spiro atoms. The summed E-state index contributed by atoms with van der Waals surface area (Å²) in [4.78, 5) is 10.6. The fourth-order valence-corrected chi connectivity index (χ4v) is 2.41. The molecule has 0 aliphatic heterocycles. The zero-order valence-electron chi connectivity index (χ0n) is 10.8. The second kappa shape index (κ2) is 4.73. The Labute approximate surface area is 106 Å². The molecule has 0 aliphatic carbocycles. The summed E-state index contributed by atoms with van der Waals surface area (Å²) in [6.07, 6.45) is 0.654. The molecule has 2 aromatic rings. The third kappa shape index (κ3) is 2.19. The van der Waals surface area contributed by atoms with Crippen molar-refractivity contribution in [3.05, 3.63) is 58.4 Å².